The monoisotopic (exact) mass is 416 g/mol. The van der Waals surface area contributed by atoms with Gasteiger partial charge in [-0.05, 0) is 57.7 Å². The van der Waals surface area contributed by atoms with Crippen LogP contribution in [0.1, 0.15) is 38.3 Å². The maximum absolute atomic E-state index is 8.00. The molecule has 1 saturated heterocycles. The zero-order valence-electron chi connectivity index (χ0n) is 20.4. The second-order valence-corrected chi connectivity index (χ2v) is 7.02. The van der Waals surface area contributed by atoms with Crippen molar-refractivity contribution < 1.29 is 9.53 Å². The highest BCUT2D eigenvalue weighted by molar-refractivity contribution is 5.48. The Hall–Kier alpha value is -2.17. The van der Waals surface area contributed by atoms with Gasteiger partial charge in [0.2, 0.25) is 0 Å². The average Bonchev–Trinajstić information content (AvgIpc) is 2.78. The molecule has 2 aromatic rings. The van der Waals surface area contributed by atoms with Crippen LogP contribution in [0.25, 0.3) is 0 Å². The Morgan fingerprint density at radius 3 is 1.93 bits per heavy atom. The SMILES string of the molecule is C=O.CC.CCCc1ccccc1.CN(C)C.Cc1cccc(N2CCOCC2)c1. The molecule has 1 heterocycles. The van der Waals surface area contributed by atoms with E-state index in [2.05, 4.69) is 73.3 Å². The lowest BCUT2D eigenvalue weighted by molar-refractivity contribution is -0.0979. The van der Waals surface area contributed by atoms with E-state index in [1.807, 2.05) is 46.7 Å². The van der Waals surface area contributed by atoms with Crippen molar-refractivity contribution in [2.45, 2.75) is 40.5 Å². The highest BCUT2D eigenvalue weighted by Gasteiger charge is 2.10. The van der Waals surface area contributed by atoms with E-state index in [0.717, 1.165) is 26.3 Å². The lowest BCUT2D eigenvalue weighted by Crippen LogP contribution is -2.36. The number of anilines is 1. The smallest absolute Gasteiger partial charge is 0.106 e. The minimum Gasteiger partial charge on any atom is -0.378 e. The van der Waals surface area contributed by atoms with Crippen LogP contribution in [0, 0.1) is 6.92 Å². The predicted octanol–water partition coefficient (Wildman–Crippen LogP) is 5.49. The van der Waals surface area contributed by atoms with Gasteiger partial charge in [-0.2, -0.15) is 0 Å². The first-order valence-electron chi connectivity index (χ1n) is 10.9. The van der Waals surface area contributed by atoms with Crippen molar-refractivity contribution in [3.05, 3.63) is 65.7 Å². The quantitative estimate of drug-likeness (QED) is 0.662. The third kappa shape index (κ3) is 16.8. The van der Waals surface area contributed by atoms with Gasteiger partial charge in [0.05, 0.1) is 13.2 Å². The maximum Gasteiger partial charge on any atom is 0.106 e. The molecule has 1 aliphatic rings. The summed E-state index contributed by atoms with van der Waals surface area (Å²) in [5.74, 6) is 0. The molecule has 1 aliphatic heterocycles. The zero-order chi connectivity index (χ0) is 23.2. The van der Waals surface area contributed by atoms with E-state index in [1.165, 1.54) is 29.7 Å². The average molecular weight is 417 g/mol. The molecule has 4 nitrogen and oxygen atoms in total. The molecule has 1 fully saturated rings. The van der Waals surface area contributed by atoms with Crippen molar-refractivity contribution in [2.24, 2.45) is 0 Å². The first-order chi connectivity index (χ1) is 14.5. The Morgan fingerprint density at radius 1 is 0.933 bits per heavy atom. The van der Waals surface area contributed by atoms with Crippen LogP contribution in [-0.4, -0.2) is 59.1 Å². The Morgan fingerprint density at radius 2 is 1.47 bits per heavy atom. The molecular formula is C26H44N2O2. The molecule has 3 rings (SSSR count). The van der Waals surface area contributed by atoms with Crippen LogP contribution in [0.2, 0.25) is 0 Å². The number of aryl methyl sites for hydroxylation is 2. The first kappa shape index (κ1) is 30.0. The summed E-state index contributed by atoms with van der Waals surface area (Å²) in [7, 11) is 6.00. The van der Waals surface area contributed by atoms with Crippen molar-refractivity contribution in [3.8, 4) is 0 Å². The molecule has 0 radical (unpaired) electrons. The van der Waals surface area contributed by atoms with Gasteiger partial charge in [0.1, 0.15) is 6.79 Å². The van der Waals surface area contributed by atoms with Crippen LogP contribution >= 0.6 is 0 Å². The van der Waals surface area contributed by atoms with E-state index in [0.29, 0.717) is 0 Å². The lowest BCUT2D eigenvalue weighted by atomic mass is 10.1. The van der Waals surface area contributed by atoms with Crippen molar-refractivity contribution in [1.29, 1.82) is 0 Å². The number of ether oxygens (including phenoxy) is 1. The Bertz CT molecular complexity index is 594. The number of benzene rings is 2. The molecule has 0 unspecified atom stereocenters. The molecule has 0 saturated carbocycles. The summed E-state index contributed by atoms with van der Waals surface area (Å²) in [5.41, 5.74) is 4.09. The Labute approximate surface area is 185 Å². The molecule has 0 amide bonds. The van der Waals surface area contributed by atoms with Crippen molar-refractivity contribution in [2.75, 3.05) is 52.3 Å². The van der Waals surface area contributed by atoms with Gasteiger partial charge in [-0.25, -0.2) is 0 Å². The van der Waals surface area contributed by atoms with E-state index in [9.17, 15) is 0 Å². The summed E-state index contributed by atoms with van der Waals surface area (Å²) in [6.45, 7) is 14.1. The Kier molecular flexibility index (Phi) is 21.6. The van der Waals surface area contributed by atoms with E-state index in [1.54, 1.807) is 0 Å². The molecule has 2 aromatic carbocycles. The largest absolute Gasteiger partial charge is 0.378 e. The van der Waals surface area contributed by atoms with Gasteiger partial charge in [-0.1, -0.05) is 69.7 Å². The highest BCUT2D eigenvalue weighted by atomic mass is 16.5. The number of carbonyl (C=O) groups is 1. The fraction of sp³-hybridized carbons (Fsp3) is 0.500. The fourth-order valence-electron chi connectivity index (χ4n) is 2.58. The van der Waals surface area contributed by atoms with Crippen LogP contribution in [0.4, 0.5) is 5.69 Å². The number of carbonyl (C=O) groups excluding carboxylic acids is 1. The normalized spacial score (nSPS) is 11.9. The molecule has 0 aliphatic carbocycles. The molecule has 0 bridgehead atoms. The Balaban J connectivity index is 0. The van der Waals surface area contributed by atoms with Gasteiger partial charge in [0, 0.05) is 18.8 Å². The van der Waals surface area contributed by atoms with E-state index < -0.39 is 0 Å². The van der Waals surface area contributed by atoms with Gasteiger partial charge < -0.3 is 19.3 Å². The second kappa shape index (κ2) is 21.5. The van der Waals surface area contributed by atoms with Gasteiger partial charge >= 0.3 is 0 Å². The highest BCUT2D eigenvalue weighted by Crippen LogP contribution is 2.16. The second-order valence-electron chi connectivity index (χ2n) is 7.02. The van der Waals surface area contributed by atoms with Crippen molar-refractivity contribution in [1.82, 2.24) is 4.90 Å². The summed E-state index contributed by atoms with van der Waals surface area (Å²) in [6.07, 6.45) is 2.45. The standard InChI is InChI=1S/C11H15NO.C9H12.C3H9N.C2H6.CH2O/c1-10-3-2-4-11(9-10)12-5-7-13-8-6-12;1-2-6-9-7-4-3-5-8-9;1-4(2)3;2*1-2/h2-4,9H,5-8H2,1H3;3-5,7-8H,2,6H2,1H3;1-3H3;1-2H3;1H2. The predicted molar refractivity (Wildman–Crippen MR) is 133 cm³/mol. The van der Waals surface area contributed by atoms with Crippen molar-refractivity contribution >= 4 is 12.5 Å². The molecule has 0 atom stereocenters. The van der Waals surface area contributed by atoms with Crippen LogP contribution in [-0.2, 0) is 16.0 Å². The van der Waals surface area contributed by atoms with E-state index in [-0.39, 0.29) is 0 Å². The van der Waals surface area contributed by atoms with E-state index in [4.69, 9.17) is 9.53 Å². The summed E-state index contributed by atoms with van der Waals surface area (Å²) in [4.78, 5) is 12.4. The molecule has 0 spiro atoms. The molecular weight excluding hydrogens is 372 g/mol. The zero-order valence-corrected chi connectivity index (χ0v) is 20.4. The topological polar surface area (TPSA) is 32.8 Å². The third-order valence-electron chi connectivity index (χ3n) is 3.76. The number of rotatable bonds is 3. The summed E-state index contributed by atoms with van der Waals surface area (Å²) < 4.78 is 5.31. The van der Waals surface area contributed by atoms with Crippen LogP contribution in [0.3, 0.4) is 0 Å². The van der Waals surface area contributed by atoms with Gasteiger partial charge in [-0.3, -0.25) is 0 Å². The minimum absolute atomic E-state index is 0.855. The van der Waals surface area contributed by atoms with Crippen LogP contribution in [0.15, 0.2) is 54.6 Å². The van der Waals surface area contributed by atoms with E-state index >= 15 is 0 Å². The van der Waals surface area contributed by atoms with Gasteiger partial charge in [0.25, 0.3) is 0 Å². The number of nitrogens with zero attached hydrogens (tertiary/aromatic N) is 2. The summed E-state index contributed by atoms with van der Waals surface area (Å²) in [6, 6.07) is 19.2. The fourth-order valence-corrected chi connectivity index (χ4v) is 2.58. The molecule has 170 valence electrons. The first-order valence-corrected chi connectivity index (χ1v) is 10.9. The van der Waals surface area contributed by atoms with Crippen LogP contribution in [0.5, 0.6) is 0 Å². The number of hydrogen-bond donors (Lipinski definition) is 0. The number of morpholine rings is 1. The molecule has 0 N–H and O–H groups in total. The molecule has 30 heavy (non-hydrogen) atoms. The molecule has 0 aromatic heterocycles. The van der Waals surface area contributed by atoms with Gasteiger partial charge in [-0.15, -0.1) is 0 Å². The van der Waals surface area contributed by atoms with Crippen molar-refractivity contribution in [3.63, 3.8) is 0 Å². The summed E-state index contributed by atoms with van der Waals surface area (Å²) in [5, 5.41) is 0. The maximum atomic E-state index is 8.00. The van der Waals surface area contributed by atoms with Crippen LogP contribution < -0.4 is 4.90 Å². The minimum atomic E-state index is 0.855. The lowest BCUT2D eigenvalue weighted by Gasteiger charge is -2.29. The number of hydrogen-bond acceptors (Lipinski definition) is 4. The van der Waals surface area contributed by atoms with Gasteiger partial charge in [0.15, 0.2) is 0 Å². The third-order valence-corrected chi connectivity index (χ3v) is 3.76. The summed E-state index contributed by atoms with van der Waals surface area (Å²) >= 11 is 0. The molecule has 4 heteroatoms.